The normalized spacial score (nSPS) is 12.8. The van der Waals surface area contributed by atoms with E-state index >= 15 is 0 Å². The van der Waals surface area contributed by atoms with Crippen LogP contribution in [0.15, 0.2) is 0 Å². The number of aliphatic hydroxyl groups is 1. The number of nitrogens with one attached hydrogen (secondary N) is 2. The summed E-state index contributed by atoms with van der Waals surface area (Å²) in [4.78, 5) is 22.4. The fourth-order valence-electron chi connectivity index (χ4n) is 2.05. The lowest BCUT2D eigenvalue weighted by Gasteiger charge is -2.25. The molecule has 0 saturated heterocycles. The minimum absolute atomic E-state index is 0.000539. The lowest BCUT2D eigenvalue weighted by atomic mass is 9.85. The van der Waals surface area contributed by atoms with Gasteiger partial charge in [0.15, 0.2) is 0 Å². The van der Waals surface area contributed by atoms with E-state index in [0.29, 0.717) is 24.3 Å². The van der Waals surface area contributed by atoms with E-state index in [1.165, 1.54) is 0 Å². The van der Waals surface area contributed by atoms with Crippen molar-refractivity contribution in [2.75, 3.05) is 13.2 Å². The fraction of sp³-hybridized carbons (Fsp3) is 0.846. The largest absolute Gasteiger partial charge is 0.480 e. The average molecular weight is 274 g/mol. The minimum atomic E-state index is -1.14. The Morgan fingerprint density at radius 1 is 1.11 bits per heavy atom. The van der Waals surface area contributed by atoms with Crippen LogP contribution in [-0.4, -0.2) is 41.4 Å². The third-order valence-electron chi connectivity index (χ3n) is 3.23. The number of hydrogen-bond acceptors (Lipinski definition) is 3. The van der Waals surface area contributed by atoms with Gasteiger partial charge in [-0.15, -0.1) is 0 Å². The molecule has 0 rings (SSSR count). The summed E-state index contributed by atoms with van der Waals surface area (Å²) in [5, 5.41) is 22.6. The first-order chi connectivity index (χ1) is 8.79. The zero-order chi connectivity index (χ0) is 15.0. The van der Waals surface area contributed by atoms with Gasteiger partial charge in [0.25, 0.3) is 0 Å². The van der Waals surface area contributed by atoms with Gasteiger partial charge >= 0.3 is 12.0 Å². The predicted octanol–water partition coefficient (Wildman–Crippen LogP) is 1.05. The van der Waals surface area contributed by atoms with Crippen molar-refractivity contribution in [3.63, 3.8) is 0 Å². The van der Waals surface area contributed by atoms with Crippen LogP contribution in [0.1, 0.15) is 34.1 Å². The van der Waals surface area contributed by atoms with Gasteiger partial charge in [-0.3, -0.25) is 0 Å². The van der Waals surface area contributed by atoms with Gasteiger partial charge in [-0.25, -0.2) is 9.59 Å². The minimum Gasteiger partial charge on any atom is -0.480 e. The predicted molar refractivity (Wildman–Crippen MR) is 72.8 cm³/mol. The van der Waals surface area contributed by atoms with Gasteiger partial charge in [-0.2, -0.15) is 0 Å². The summed E-state index contributed by atoms with van der Waals surface area (Å²) >= 11 is 0. The average Bonchev–Trinajstić information content (AvgIpc) is 2.27. The first kappa shape index (κ1) is 17.7. The maximum atomic E-state index is 11.6. The molecule has 0 aliphatic heterocycles. The Balaban J connectivity index is 4.26. The maximum Gasteiger partial charge on any atom is 0.326 e. The Morgan fingerprint density at radius 2 is 1.63 bits per heavy atom. The Labute approximate surface area is 114 Å². The number of carbonyl (C=O) groups is 2. The van der Waals surface area contributed by atoms with Crippen molar-refractivity contribution in [2.45, 2.75) is 40.2 Å². The molecule has 112 valence electrons. The SMILES string of the molecule is CC(C)C(CNC(=O)NC(CCO)C(=O)O)C(C)C. The van der Waals surface area contributed by atoms with E-state index in [2.05, 4.69) is 38.3 Å². The lowest BCUT2D eigenvalue weighted by Crippen LogP contribution is -2.48. The van der Waals surface area contributed by atoms with E-state index in [-0.39, 0.29) is 13.0 Å². The van der Waals surface area contributed by atoms with Gasteiger partial charge < -0.3 is 20.8 Å². The second kappa shape index (κ2) is 8.74. The van der Waals surface area contributed by atoms with Crippen LogP contribution in [0.5, 0.6) is 0 Å². The molecule has 0 aliphatic carbocycles. The maximum absolute atomic E-state index is 11.6. The molecule has 2 amide bonds. The van der Waals surface area contributed by atoms with Crippen molar-refractivity contribution in [1.29, 1.82) is 0 Å². The molecule has 0 fully saturated rings. The van der Waals surface area contributed by atoms with Crippen LogP contribution in [0.3, 0.4) is 0 Å². The highest BCUT2D eigenvalue weighted by Crippen LogP contribution is 2.19. The number of rotatable bonds is 8. The van der Waals surface area contributed by atoms with E-state index < -0.39 is 18.0 Å². The van der Waals surface area contributed by atoms with E-state index in [1.807, 2.05) is 0 Å². The Bertz CT molecular complexity index is 284. The van der Waals surface area contributed by atoms with Gasteiger partial charge in [0.1, 0.15) is 6.04 Å². The van der Waals surface area contributed by atoms with Crippen LogP contribution < -0.4 is 10.6 Å². The molecule has 6 nitrogen and oxygen atoms in total. The van der Waals surface area contributed by atoms with E-state index in [0.717, 1.165) is 0 Å². The number of aliphatic hydroxyl groups excluding tert-OH is 1. The summed E-state index contributed by atoms with van der Waals surface area (Å²) in [6.07, 6.45) is 0.000539. The van der Waals surface area contributed by atoms with Crippen LogP contribution >= 0.6 is 0 Å². The monoisotopic (exact) mass is 274 g/mol. The van der Waals surface area contributed by atoms with Crippen molar-refractivity contribution in [3.05, 3.63) is 0 Å². The first-order valence-corrected chi connectivity index (χ1v) is 6.67. The van der Waals surface area contributed by atoms with Crippen molar-refractivity contribution >= 4 is 12.0 Å². The van der Waals surface area contributed by atoms with Gasteiger partial charge in [0.2, 0.25) is 0 Å². The molecule has 0 radical (unpaired) electrons. The van der Waals surface area contributed by atoms with Crippen molar-refractivity contribution < 1.29 is 19.8 Å². The number of urea groups is 1. The van der Waals surface area contributed by atoms with Gasteiger partial charge in [0, 0.05) is 19.6 Å². The molecule has 0 bridgehead atoms. The Hall–Kier alpha value is -1.30. The second-order valence-electron chi connectivity index (χ2n) is 5.41. The Morgan fingerprint density at radius 3 is 2.00 bits per heavy atom. The molecule has 1 unspecified atom stereocenters. The van der Waals surface area contributed by atoms with Crippen LogP contribution in [-0.2, 0) is 4.79 Å². The van der Waals surface area contributed by atoms with Crippen LogP contribution in [0.4, 0.5) is 4.79 Å². The molecular formula is C13H26N2O4. The van der Waals surface area contributed by atoms with Crippen molar-refractivity contribution in [3.8, 4) is 0 Å². The quantitative estimate of drug-likeness (QED) is 0.531. The number of amides is 2. The second-order valence-corrected chi connectivity index (χ2v) is 5.41. The van der Waals surface area contributed by atoms with E-state index in [9.17, 15) is 9.59 Å². The smallest absolute Gasteiger partial charge is 0.326 e. The standard InChI is InChI=1S/C13H26N2O4/c1-8(2)10(9(3)4)7-14-13(19)15-11(5-6-16)12(17)18/h8-11,16H,5-7H2,1-4H3,(H,17,18)(H2,14,15,19). The van der Waals surface area contributed by atoms with Gasteiger partial charge in [-0.1, -0.05) is 27.7 Å². The summed E-state index contributed by atoms with van der Waals surface area (Å²) < 4.78 is 0. The summed E-state index contributed by atoms with van der Waals surface area (Å²) in [5.41, 5.74) is 0. The molecular weight excluding hydrogens is 248 g/mol. The molecule has 0 heterocycles. The molecule has 0 aliphatic rings. The summed E-state index contributed by atoms with van der Waals surface area (Å²) in [6.45, 7) is 8.60. The molecule has 0 aromatic rings. The van der Waals surface area contributed by atoms with Gasteiger partial charge in [-0.05, 0) is 17.8 Å². The highest BCUT2D eigenvalue weighted by atomic mass is 16.4. The van der Waals surface area contributed by atoms with E-state index in [1.54, 1.807) is 0 Å². The summed E-state index contributed by atoms with van der Waals surface area (Å²) in [6, 6.07) is -1.56. The first-order valence-electron chi connectivity index (χ1n) is 6.67. The molecule has 0 saturated carbocycles. The lowest BCUT2D eigenvalue weighted by molar-refractivity contribution is -0.139. The zero-order valence-electron chi connectivity index (χ0n) is 12.1. The number of carbonyl (C=O) groups excluding carboxylic acids is 1. The molecule has 6 heteroatoms. The number of carboxylic acids is 1. The van der Waals surface area contributed by atoms with Crippen LogP contribution in [0, 0.1) is 17.8 Å². The zero-order valence-corrected chi connectivity index (χ0v) is 12.1. The van der Waals surface area contributed by atoms with Crippen molar-refractivity contribution in [1.82, 2.24) is 10.6 Å². The summed E-state index contributed by atoms with van der Waals surface area (Å²) in [7, 11) is 0. The van der Waals surface area contributed by atoms with Crippen LogP contribution in [0.2, 0.25) is 0 Å². The van der Waals surface area contributed by atoms with Crippen molar-refractivity contribution in [2.24, 2.45) is 17.8 Å². The number of aliphatic carboxylic acids is 1. The number of carboxylic acid groups (broad SMARTS) is 1. The molecule has 0 aromatic carbocycles. The van der Waals surface area contributed by atoms with Gasteiger partial charge in [0.05, 0.1) is 0 Å². The third kappa shape index (κ3) is 7.00. The summed E-state index contributed by atoms with van der Waals surface area (Å²) in [5.74, 6) is 0.0707. The molecule has 19 heavy (non-hydrogen) atoms. The highest BCUT2D eigenvalue weighted by Gasteiger charge is 2.21. The third-order valence-corrected chi connectivity index (χ3v) is 3.23. The Kier molecular flexibility index (Phi) is 8.14. The topological polar surface area (TPSA) is 98.7 Å². The van der Waals surface area contributed by atoms with E-state index in [4.69, 9.17) is 10.2 Å². The number of hydrogen-bond donors (Lipinski definition) is 4. The fourth-order valence-corrected chi connectivity index (χ4v) is 2.05. The molecule has 0 aromatic heterocycles. The molecule has 1 atom stereocenters. The molecule has 0 spiro atoms. The highest BCUT2D eigenvalue weighted by molar-refractivity contribution is 5.82. The van der Waals surface area contributed by atoms with Crippen LogP contribution in [0.25, 0.3) is 0 Å². The molecule has 4 N–H and O–H groups in total.